The Morgan fingerprint density at radius 1 is 1.06 bits per heavy atom. The molecule has 3 fully saturated rings. The second-order valence-electron chi connectivity index (χ2n) is 9.50. The molecule has 4 amide bonds. The first-order valence-electron chi connectivity index (χ1n) is 11.6. The molecule has 178 valence electrons. The largest absolute Gasteiger partial charge is 0.353 e. The summed E-state index contributed by atoms with van der Waals surface area (Å²) in [5.74, 6) is -0.687. The lowest BCUT2D eigenvalue weighted by Gasteiger charge is -2.36. The van der Waals surface area contributed by atoms with Gasteiger partial charge in [-0.05, 0) is 68.4 Å². The van der Waals surface area contributed by atoms with E-state index in [0.717, 1.165) is 35.5 Å². The number of imide groups is 1. The number of carbonyl (C=O) groups is 3. The van der Waals surface area contributed by atoms with E-state index in [0.29, 0.717) is 31.7 Å². The number of hydrogen-bond donors (Lipinski definition) is 2. The maximum Gasteiger partial charge on any atom is 0.322 e. The topological polar surface area (TPSA) is 94.6 Å². The molecule has 0 radical (unpaired) electrons. The minimum Gasteiger partial charge on any atom is -0.353 e. The molecule has 1 unspecified atom stereocenters. The molecule has 1 saturated carbocycles. The van der Waals surface area contributed by atoms with E-state index in [9.17, 15) is 14.4 Å². The summed E-state index contributed by atoms with van der Waals surface area (Å²) < 4.78 is 15.2. The number of aryl methyl sites for hydroxylation is 3. The summed E-state index contributed by atoms with van der Waals surface area (Å²) >= 11 is 0. The van der Waals surface area contributed by atoms with Crippen LogP contribution in [0.4, 0.5) is 15.0 Å². The van der Waals surface area contributed by atoms with Crippen LogP contribution in [0.2, 0.25) is 0 Å². The van der Waals surface area contributed by atoms with Crippen molar-refractivity contribution in [1.29, 1.82) is 0 Å². The van der Waals surface area contributed by atoms with Gasteiger partial charge in [0.05, 0.1) is 5.56 Å². The first-order chi connectivity index (χ1) is 16.2. The predicted octanol–water partition coefficient (Wildman–Crippen LogP) is 2.55. The number of piperazine rings is 1. The number of benzene rings is 1. The third kappa shape index (κ3) is 3.59. The number of carbonyl (C=O) groups excluding carboxylic acids is 3. The standard InChI is InChI=1S/C25H28FN5O3/c1-14-12-15(2)21(27-16(14)3)30-8-10-31(11-9-30)22(32)19-7-6-18(13-20(19)26)25(17-4-5-17)23(33)28-24(34)29-25/h6-7,12-13,17H,4-5,8-11H2,1-3H3,(H2,28,29,33,34). The van der Waals surface area contributed by atoms with Gasteiger partial charge in [-0.2, -0.15) is 0 Å². The number of urea groups is 1. The minimum atomic E-state index is -1.26. The van der Waals surface area contributed by atoms with Gasteiger partial charge in [-0.25, -0.2) is 14.2 Å². The Kier molecular flexibility index (Phi) is 5.30. The number of pyridine rings is 1. The summed E-state index contributed by atoms with van der Waals surface area (Å²) in [6.45, 7) is 8.19. The summed E-state index contributed by atoms with van der Waals surface area (Å²) in [6.07, 6.45) is 1.55. The molecule has 1 aliphatic carbocycles. The van der Waals surface area contributed by atoms with Gasteiger partial charge in [-0.1, -0.05) is 12.1 Å². The van der Waals surface area contributed by atoms with Crippen molar-refractivity contribution >= 4 is 23.7 Å². The van der Waals surface area contributed by atoms with E-state index in [1.165, 1.54) is 12.1 Å². The van der Waals surface area contributed by atoms with Crippen molar-refractivity contribution in [3.8, 4) is 0 Å². The molecule has 5 rings (SSSR count). The molecule has 34 heavy (non-hydrogen) atoms. The molecule has 1 aromatic heterocycles. The van der Waals surface area contributed by atoms with Crippen molar-refractivity contribution in [3.05, 3.63) is 58.0 Å². The Balaban J connectivity index is 1.32. The van der Waals surface area contributed by atoms with Crippen molar-refractivity contribution in [2.45, 2.75) is 39.2 Å². The molecule has 3 heterocycles. The van der Waals surface area contributed by atoms with Crippen molar-refractivity contribution in [3.63, 3.8) is 0 Å². The highest BCUT2D eigenvalue weighted by atomic mass is 19.1. The quantitative estimate of drug-likeness (QED) is 0.677. The van der Waals surface area contributed by atoms with Crippen LogP contribution in [-0.4, -0.2) is 53.9 Å². The van der Waals surface area contributed by atoms with E-state index in [1.54, 1.807) is 11.0 Å². The predicted molar refractivity (Wildman–Crippen MR) is 124 cm³/mol. The molecule has 0 bridgehead atoms. The molecular formula is C25H28FN5O3. The highest BCUT2D eigenvalue weighted by Gasteiger charge is 2.57. The number of anilines is 1. The minimum absolute atomic E-state index is 0.0339. The van der Waals surface area contributed by atoms with Crippen LogP contribution < -0.4 is 15.5 Å². The normalized spacial score (nSPS) is 22.6. The van der Waals surface area contributed by atoms with Crippen LogP contribution in [0.1, 0.15) is 45.6 Å². The summed E-state index contributed by atoms with van der Waals surface area (Å²) in [4.78, 5) is 46.0. The van der Waals surface area contributed by atoms with Crippen LogP contribution in [0, 0.1) is 32.5 Å². The van der Waals surface area contributed by atoms with Crippen molar-refractivity contribution < 1.29 is 18.8 Å². The number of rotatable bonds is 4. The Hall–Kier alpha value is -3.49. The summed E-state index contributed by atoms with van der Waals surface area (Å²) in [5, 5.41) is 4.96. The molecule has 8 nitrogen and oxygen atoms in total. The molecule has 3 aliphatic rings. The molecular weight excluding hydrogens is 437 g/mol. The average Bonchev–Trinajstić information content (AvgIpc) is 3.61. The van der Waals surface area contributed by atoms with Gasteiger partial charge in [0.1, 0.15) is 17.2 Å². The summed E-state index contributed by atoms with van der Waals surface area (Å²) in [7, 11) is 0. The SMILES string of the molecule is Cc1cc(C)c(N2CCN(C(=O)c3ccc(C4(C5CC5)NC(=O)NC4=O)cc3F)CC2)nc1C. The van der Waals surface area contributed by atoms with Gasteiger partial charge in [0.15, 0.2) is 0 Å². The van der Waals surface area contributed by atoms with Gasteiger partial charge in [0, 0.05) is 31.9 Å². The van der Waals surface area contributed by atoms with E-state index in [4.69, 9.17) is 4.98 Å². The first kappa shape index (κ1) is 22.3. The Morgan fingerprint density at radius 2 is 1.76 bits per heavy atom. The van der Waals surface area contributed by atoms with E-state index in [1.807, 2.05) is 20.8 Å². The maximum atomic E-state index is 15.2. The zero-order valence-corrected chi connectivity index (χ0v) is 19.6. The third-order valence-electron chi connectivity index (χ3n) is 7.24. The summed E-state index contributed by atoms with van der Waals surface area (Å²) in [6, 6.07) is 5.77. The highest BCUT2D eigenvalue weighted by molar-refractivity contribution is 6.08. The molecule has 2 aromatic rings. The van der Waals surface area contributed by atoms with Gasteiger partial charge < -0.3 is 15.1 Å². The van der Waals surface area contributed by atoms with Crippen LogP contribution in [0.15, 0.2) is 24.3 Å². The summed E-state index contributed by atoms with van der Waals surface area (Å²) in [5.41, 5.74) is 2.30. The number of aromatic nitrogens is 1. The molecule has 2 N–H and O–H groups in total. The average molecular weight is 466 g/mol. The smallest absolute Gasteiger partial charge is 0.322 e. The van der Waals surface area contributed by atoms with Crippen molar-refractivity contribution in [2.75, 3.05) is 31.1 Å². The fraction of sp³-hybridized carbons (Fsp3) is 0.440. The molecule has 2 saturated heterocycles. The van der Waals surface area contributed by atoms with Crippen LogP contribution in [0.3, 0.4) is 0 Å². The van der Waals surface area contributed by atoms with Crippen LogP contribution in [0.5, 0.6) is 0 Å². The van der Waals surface area contributed by atoms with Crippen molar-refractivity contribution in [1.82, 2.24) is 20.5 Å². The van der Waals surface area contributed by atoms with Gasteiger partial charge in [0.25, 0.3) is 11.8 Å². The number of nitrogens with zero attached hydrogens (tertiary/aromatic N) is 3. The van der Waals surface area contributed by atoms with Gasteiger partial charge in [0.2, 0.25) is 0 Å². The zero-order valence-electron chi connectivity index (χ0n) is 19.6. The highest BCUT2D eigenvalue weighted by Crippen LogP contribution is 2.47. The lowest BCUT2D eigenvalue weighted by molar-refractivity contribution is -0.125. The lowest BCUT2D eigenvalue weighted by atomic mass is 9.84. The van der Waals surface area contributed by atoms with E-state index in [2.05, 4.69) is 21.6 Å². The van der Waals surface area contributed by atoms with Crippen LogP contribution in [0.25, 0.3) is 0 Å². The molecule has 2 aliphatic heterocycles. The second kappa shape index (κ2) is 8.07. The number of amides is 4. The van der Waals surface area contributed by atoms with Gasteiger partial charge in [-0.15, -0.1) is 0 Å². The van der Waals surface area contributed by atoms with Gasteiger partial charge >= 0.3 is 6.03 Å². The molecule has 9 heteroatoms. The van der Waals surface area contributed by atoms with E-state index >= 15 is 4.39 Å². The molecule has 1 aromatic carbocycles. The van der Waals surface area contributed by atoms with Crippen LogP contribution >= 0.6 is 0 Å². The number of hydrogen-bond acceptors (Lipinski definition) is 5. The fourth-order valence-electron chi connectivity index (χ4n) is 5.09. The Morgan fingerprint density at radius 3 is 2.35 bits per heavy atom. The molecule has 1 atom stereocenters. The van der Waals surface area contributed by atoms with Crippen molar-refractivity contribution in [2.24, 2.45) is 5.92 Å². The Bertz CT molecular complexity index is 1200. The number of nitrogens with one attached hydrogen (secondary N) is 2. The van der Waals surface area contributed by atoms with E-state index < -0.39 is 23.3 Å². The molecule has 0 spiro atoms. The van der Waals surface area contributed by atoms with E-state index in [-0.39, 0.29) is 17.4 Å². The number of halogens is 1. The third-order valence-corrected chi connectivity index (χ3v) is 7.24. The second-order valence-corrected chi connectivity index (χ2v) is 9.50. The van der Waals surface area contributed by atoms with Gasteiger partial charge in [-0.3, -0.25) is 14.9 Å². The van der Waals surface area contributed by atoms with Crippen LogP contribution in [-0.2, 0) is 10.3 Å². The Labute approximate surface area is 197 Å². The zero-order chi connectivity index (χ0) is 24.2. The first-order valence-corrected chi connectivity index (χ1v) is 11.6. The maximum absolute atomic E-state index is 15.2. The lowest BCUT2D eigenvalue weighted by Crippen LogP contribution is -2.49. The monoisotopic (exact) mass is 465 g/mol. The fourth-order valence-corrected chi connectivity index (χ4v) is 5.09.